The first kappa shape index (κ1) is 13.3. The lowest BCUT2D eigenvalue weighted by atomic mass is 10.1. The minimum Gasteiger partial charge on any atom is -0.495 e. The second kappa shape index (κ2) is 5.42. The van der Waals surface area contributed by atoms with Crippen LogP contribution >= 0.6 is 0 Å². The molecule has 3 heterocycles. The molecule has 0 radical (unpaired) electrons. The zero-order valence-corrected chi connectivity index (χ0v) is 12.4. The van der Waals surface area contributed by atoms with Crippen LogP contribution in [0.3, 0.4) is 0 Å². The maximum absolute atomic E-state index is 5.55. The van der Waals surface area contributed by atoms with Crippen LogP contribution < -0.4 is 4.74 Å². The van der Waals surface area contributed by atoms with E-state index in [4.69, 9.17) is 14.5 Å². The maximum Gasteiger partial charge on any atom is 0.164 e. The normalized spacial score (nSPS) is 18.0. The number of nitrogens with zero attached hydrogens (tertiary/aromatic N) is 3. The summed E-state index contributed by atoms with van der Waals surface area (Å²) >= 11 is 0. The number of methoxy groups -OCH3 is 1. The minimum atomic E-state index is 0.291. The van der Waals surface area contributed by atoms with Crippen LogP contribution in [0, 0.1) is 0 Å². The van der Waals surface area contributed by atoms with Crippen LogP contribution in [-0.4, -0.2) is 34.9 Å². The summed E-state index contributed by atoms with van der Waals surface area (Å²) < 4.78 is 13.2. The van der Waals surface area contributed by atoms with E-state index < -0.39 is 0 Å². The maximum atomic E-state index is 5.55. The van der Waals surface area contributed by atoms with Gasteiger partial charge in [0, 0.05) is 18.7 Å². The van der Waals surface area contributed by atoms with Crippen LogP contribution in [0.25, 0.3) is 16.9 Å². The van der Waals surface area contributed by atoms with E-state index in [0.29, 0.717) is 12.5 Å². The van der Waals surface area contributed by atoms with E-state index in [0.717, 1.165) is 41.5 Å². The van der Waals surface area contributed by atoms with Gasteiger partial charge in [-0.2, -0.15) is 0 Å². The van der Waals surface area contributed by atoms with E-state index in [-0.39, 0.29) is 0 Å². The summed E-state index contributed by atoms with van der Waals surface area (Å²) in [6.07, 6.45) is 2.78. The van der Waals surface area contributed by atoms with E-state index in [9.17, 15) is 0 Å². The van der Waals surface area contributed by atoms with Crippen molar-refractivity contribution in [2.24, 2.45) is 0 Å². The van der Waals surface area contributed by atoms with Gasteiger partial charge >= 0.3 is 0 Å². The second-order valence-corrected chi connectivity index (χ2v) is 5.38. The number of imidazole rings is 1. The van der Waals surface area contributed by atoms with E-state index in [1.807, 2.05) is 36.4 Å². The standard InChI is InChI=1S/C17H17N3O2/c1-21-15-7-3-2-6-14(15)20-16(12-8-10-22-11-12)19-13-5-4-9-18-17(13)20/h2-7,9,12H,8,10-11H2,1H3. The predicted octanol–water partition coefficient (Wildman–Crippen LogP) is 2.93. The topological polar surface area (TPSA) is 49.2 Å². The molecule has 1 unspecified atom stereocenters. The Kier molecular flexibility index (Phi) is 3.27. The van der Waals surface area contributed by atoms with Crippen LogP contribution in [0.15, 0.2) is 42.6 Å². The molecule has 0 spiro atoms. The van der Waals surface area contributed by atoms with Crippen molar-refractivity contribution >= 4 is 11.2 Å². The third-order valence-corrected chi connectivity index (χ3v) is 4.06. The van der Waals surface area contributed by atoms with Gasteiger partial charge in [0.05, 0.1) is 19.4 Å². The van der Waals surface area contributed by atoms with E-state index in [2.05, 4.69) is 9.55 Å². The first-order valence-electron chi connectivity index (χ1n) is 7.43. The summed E-state index contributed by atoms with van der Waals surface area (Å²) in [5.41, 5.74) is 2.72. The van der Waals surface area contributed by atoms with Crippen molar-refractivity contribution in [3.8, 4) is 11.4 Å². The molecule has 0 bridgehead atoms. The zero-order chi connectivity index (χ0) is 14.9. The molecule has 1 aromatic carbocycles. The first-order chi connectivity index (χ1) is 10.9. The highest BCUT2D eigenvalue weighted by Gasteiger charge is 2.26. The quantitative estimate of drug-likeness (QED) is 0.745. The van der Waals surface area contributed by atoms with Gasteiger partial charge in [0.25, 0.3) is 0 Å². The molecule has 112 valence electrons. The fourth-order valence-corrected chi connectivity index (χ4v) is 2.99. The van der Waals surface area contributed by atoms with Crippen LogP contribution in [-0.2, 0) is 4.74 Å². The van der Waals surface area contributed by atoms with Crippen molar-refractivity contribution in [3.63, 3.8) is 0 Å². The van der Waals surface area contributed by atoms with Crippen molar-refractivity contribution < 1.29 is 9.47 Å². The molecule has 22 heavy (non-hydrogen) atoms. The largest absolute Gasteiger partial charge is 0.495 e. The molecular weight excluding hydrogens is 278 g/mol. The molecule has 3 aromatic rings. The number of rotatable bonds is 3. The Hall–Kier alpha value is -2.40. The Bertz CT molecular complexity index is 807. The van der Waals surface area contributed by atoms with Crippen LogP contribution in [0.4, 0.5) is 0 Å². The van der Waals surface area contributed by atoms with Gasteiger partial charge < -0.3 is 9.47 Å². The van der Waals surface area contributed by atoms with Crippen LogP contribution in [0.2, 0.25) is 0 Å². The molecule has 1 saturated heterocycles. The van der Waals surface area contributed by atoms with Gasteiger partial charge in [-0.05, 0) is 30.7 Å². The Morgan fingerprint density at radius 3 is 2.95 bits per heavy atom. The number of hydrogen-bond acceptors (Lipinski definition) is 4. The molecule has 5 heteroatoms. The molecule has 0 aliphatic carbocycles. The molecule has 1 aliphatic rings. The first-order valence-corrected chi connectivity index (χ1v) is 7.43. The highest BCUT2D eigenvalue weighted by Crippen LogP contribution is 2.33. The fraction of sp³-hybridized carbons (Fsp3) is 0.294. The van der Waals surface area contributed by atoms with Crippen molar-refractivity contribution in [1.82, 2.24) is 14.5 Å². The molecular formula is C17H17N3O2. The molecule has 0 amide bonds. The summed E-state index contributed by atoms with van der Waals surface area (Å²) in [4.78, 5) is 9.34. The minimum absolute atomic E-state index is 0.291. The lowest BCUT2D eigenvalue weighted by molar-refractivity contribution is 0.193. The molecule has 1 atom stereocenters. The highest BCUT2D eigenvalue weighted by atomic mass is 16.5. The van der Waals surface area contributed by atoms with Crippen molar-refractivity contribution in [2.75, 3.05) is 20.3 Å². The molecule has 2 aromatic heterocycles. The summed E-state index contributed by atoms with van der Waals surface area (Å²) in [7, 11) is 1.68. The number of hydrogen-bond donors (Lipinski definition) is 0. The van der Waals surface area contributed by atoms with Gasteiger partial charge in [0.15, 0.2) is 5.65 Å². The van der Waals surface area contributed by atoms with Crippen molar-refractivity contribution in [2.45, 2.75) is 12.3 Å². The van der Waals surface area contributed by atoms with E-state index >= 15 is 0 Å². The number of pyridine rings is 1. The summed E-state index contributed by atoms with van der Waals surface area (Å²) in [5, 5.41) is 0. The molecule has 1 fully saturated rings. The summed E-state index contributed by atoms with van der Waals surface area (Å²) in [6, 6.07) is 11.9. The lowest BCUT2D eigenvalue weighted by Gasteiger charge is -2.15. The van der Waals surface area contributed by atoms with Gasteiger partial charge in [-0.15, -0.1) is 0 Å². The average Bonchev–Trinajstić information content (AvgIpc) is 3.22. The SMILES string of the molecule is COc1ccccc1-n1c(C2CCOC2)nc2cccnc21. The molecule has 5 nitrogen and oxygen atoms in total. The molecule has 1 aliphatic heterocycles. The van der Waals surface area contributed by atoms with Gasteiger partial charge in [-0.3, -0.25) is 4.57 Å². The number of aromatic nitrogens is 3. The molecule has 0 N–H and O–H groups in total. The smallest absolute Gasteiger partial charge is 0.164 e. The van der Waals surface area contributed by atoms with Gasteiger partial charge in [0.1, 0.15) is 17.1 Å². The van der Waals surface area contributed by atoms with Crippen molar-refractivity contribution in [1.29, 1.82) is 0 Å². The van der Waals surface area contributed by atoms with E-state index in [1.54, 1.807) is 13.3 Å². The van der Waals surface area contributed by atoms with Crippen molar-refractivity contribution in [3.05, 3.63) is 48.4 Å². The lowest BCUT2D eigenvalue weighted by Crippen LogP contribution is -2.09. The third-order valence-electron chi connectivity index (χ3n) is 4.06. The summed E-state index contributed by atoms with van der Waals surface area (Å²) in [5.74, 6) is 2.10. The Labute approximate surface area is 128 Å². The third kappa shape index (κ3) is 2.05. The van der Waals surface area contributed by atoms with Crippen LogP contribution in [0.5, 0.6) is 5.75 Å². The van der Waals surface area contributed by atoms with Gasteiger partial charge in [-0.25, -0.2) is 9.97 Å². The van der Waals surface area contributed by atoms with Gasteiger partial charge in [0.2, 0.25) is 0 Å². The Morgan fingerprint density at radius 1 is 1.23 bits per heavy atom. The highest BCUT2D eigenvalue weighted by molar-refractivity contribution is 5.75. The molecule has 0 saturated carbocycles. The number of para-hydroxylation sites is 2. The zero-order valence-electron chi connectivity index (χ0n) is 12.4. The number of ether oxygens (including phenoxy) is 2. The average molecular weight is 295 g/mol. The molecule has 4 rings (SSSR count). The number of fused-ring (bicyclic) bond motifs is 1. The fourth-order valence-electron chi connectivity index (χ4n) is 2.99. The second-order valence-electron chi connectivity index (χ2n) is 5.38. The van der Waals surface area contributed by atoms with E-state index in [1.165, 1.54) is 0 Å². The Morgan fingerprint density at radius 2 is 2.14 bits per heavy atom. The van der Waals surface area contributed by atoms with Crippen LogP contribution in [0.1, 0.15) is 18.2 Å². The monoisotopic (exact) mass is 295 g/mol. The number of benzene rings is 1. The predicted molar refractivity (Wildman–Crippen MR) is 83.6 cm³/mol. The summed E-state index contributed by atoms with van der Waals surface area (Å²) in [6.45, 7) is 1.49. The Balaban J connectivity index is 1.99. The van der Waals surface area contributed by atoms with Gasteiger partial charge in [-0.1, -0.05) is 12.1 Å².